The predicted octanol–water partition coefficient (Wildman–Crippen LogP) is 0.306. The summed E-state index contributed by atoms with van der Waals surface area (Å²) < 4.78 is 0. The van der Waals surface area contributed by atoms with Crippen LogP contribution in [0.1, 0.15) is 27.7 Å². The van der Waals surface area contributed by atoms with Crippen molar-refractivity contribution in [2.75, 3.05) is 13.6 Å². The molecule has 15 heavy (non-hydrogen) atoms. The fraction of sp³-hybridized carbons (Fsp3) is 0.800. The average molecular weight is 216 g/mol. The molecule has 0 saturated heterocycles. The van der Waals surface area contributed by atoms with Crippen molar-refractivity contribution in [3.63, 3.8) is 0 Å². The summed E-state index contributed by atoms with van der Waals surface area (Å²) in [5.74, 6) is -1.10. The van der Waals surface area contributed by atoms with Crippen molar-refractivity contribution in [2.45, 2.75) is 39.3 Å². The van der Waals surface area contributed by atoms with Crippen LogP contribution in [0.5, 0.6) is 0 Å². The number of nitrogens with zero attached hydrogens (tertiary/aromatic N) is 1. The zero-order valence-electron chi connectivity index (χ0n) is 10.00. The van der Waals surface area contributed by atoms with Gasteiger partial charge in [0.15, 0.2) is 0 Å². The fourth-order valence-corrected chi connectivity index (χ4v) is 1.13. The number of carboxylic acid groups (broad SMARTS) is 1. The number of nitrogens with one attached hydrogen (secondary N) is 1. The van der Waals surface area contributed by atoms with E-state index in [-0.39, 0.29) is 5.91 Å². The molecule has 0 aromatic carbocycles. The van der Waals surface area contributed by atoms with E-state index >= 15 is 0 Å². The van der Waals surface area contributed by atoms with E-state index in [0.717, 1.165) is 0 Å². The molecule has 0 aliphatic heterocycles. The molecule has 0 radical (unpaired) electrons. The van der Waals surface area contributed by atoms with E-state index in [1.807, 2.05) is 6.92 Å². The minimum atomic E-state index is -1.05. The van der Waals surface area contributed by atoms with Gasteiger partial charge in [-0.05, 0) is 34.7 Å². The highest BCUT2D eigenvalue weighted by molar-refractivity contribution is 5.83. The Labute approximate surface area is 90.5 Å². The summed E-state index contributed by atoms with van der Waals surface area (Å²) in [5.41, 5.74) is -1.05. The first kappa shape index (κ1) is 13.9. The van der Waals surface area contributed by atoms with E-state index in [2.05, 4.69) is 5.32 Å². The van der Waals surface area contributed by atoms with Crippen LogP contribution < -0.4 is 5.32 Å². The van der Waals surface area contributed by atoms with Crippen molar-refractivity contribution >= 4 is 11.9 Å². The summed E-state index contributed by atoms with van der Waals surface area (Å²) in [7, 11) is 1.63. The maximum absolute atomic E-state index is 11.5. The van der Waals surface area contributed by atoms with Gasteiger partial charge in [-0.25, -0.2) is 0 Å². The van der Waals surface area contributed by atoms with E-state index in [1.54, 1.807) is 32.7 Å². The molecule has 0 fully saturated rings. The molecule has 2 N–H and O–H groups in total. The average Bonchev–Trinajstić information content (AvgIpc) is 2.15. The first-order chi connectivity index (χ1) is 6.75. The number of carbonyl (C=O) groups excluding carboxylic acids is 1. The zero-order chi connectivity index (χ0) is 12.2. The molecule has 0 aromatic rings. The maximum atomic E-state index is 11.5. The van der Waals surface area contributed by atoms with E-state index in [4.69, 9.17) is 5.11 Å². The summed E-state index contributed by atoms with van der Waals surface area (Å²) in [6, 6.07) is -0.462. The molecule has 0 saturated carbocycles. The number of carboxylic acids is 1. The standard InChI is InChI=1S/C10H20N2O3/c1-6-11-8(13)7(2)12(5)10(3,4)9(14)15/h7H,6H2,1-5H3,(H,11,13)(H,14,15). The molecular formula is C10H20N2O3. The Hall–Kier alpha value is -1.10. The first-order valence-corrected chi connectivity index (χ1v) is 4.99. The Bertz CT molecular complexity index is 251. The highest BCUT2D eigenvalue weighted by Crippen LogP contribution is 2.15. The Morgan fingerprint density at radius 3 is 2.27 bits per heavy atom. The van der Waals surface area contributed by atoms with Crippen LogP contribution in [0.15, 0.2) is 0 Å². The summed E-state index contributed by atoms with van der Waals surface area (Å²) in [6.07, 6.45) is 0. The number of hydrogen-bond acceptors (Lipinski definition) is 3. The number of aliphatic carboxylic acids is 1. The second kappa shape index (κ2) is 5.11. The molecule has 1 amide bonds. The second-order valence-electron chi connectivity index (χ2n) is 4.05. The predicted molar refractivity (Wildman–Crippen MR) is 57.6 cm³/mol. The molecule has 1 atom stereocenters. The number of carbonyl (C=O) groups is 2. The maximum Gasteiger partial charge on any atom is 0.323 e. The minimum Gasteiger partial charge on any atom is -0.480 e. The van der Waals surface area contributed by atoms with E-state index < -0.39 is 17.6 Å². The summed E-state index contributed by atoms with van der Waals surface area (Å²) in [5, 5.41) is 11.7. The molecule has 0 rings (SSSR count). The molecule has 5 heteroatoms. The minimum absolute atomic E-state index is 0.158. The van der Waals surface area contributed by atoms with Gasteiger partial charge in [-0.2, -0.15) is 0 Å². The van der Waals surface area contributed by atoms with Gasteiger partial charge in [0, 0.05) is 6.54 Å². The highest BCUT2D eigenvalue weighted by atomic mass is 16.4. The van der Waals surface area contributed by atoms with E-state index in [0.29, 0.717) is 6.54 Å². The molecule has 0 aromatic heterocycles. The largest absolute Gasteiger partial charge is 0.480 e. The third kappa shape index (κ3) is 3.20. The quantitative estimate of drug-likeness (QED) is 0.693. The van der Waals surface area contributed by atoms with Crippen LogP contribution >= 0.6 is 0 Å². The van der Waals surface area contributed by atoms with Crippen molar-refractivity contribution in [3.8, 4) is 0 Å². The first-order valence-electron chi connectivity index (χ1n) is 4.99. The second-order valence-corrected chi connectivity index (χ2v) is 4.05. The fourth-order valence-electron chi connectivity index (χ4n) is 1.13. The highest BCUT2D eigenvalue weighted by Gasteiger charge is 2.36. The Morgan fingerprint density at radius 2 is 1.93 bits per heavy atom. The van der Waals surface area contributed by atoms with Crippen LogP contribution in [0.2, 0.25) is 0 Å². The molecular weight excluding hydrogens is 196 g/mol. The van der Waals surface area contributed by atoms with Crippen LogP contribution in [0.25, 0.3) is 0 Å². The smallest absolute Gasteiger partial charge is 0.323 e. The van der Waals surface area contributed by atoms with Gasteiger partial charge >= 0.3 is 5.97 Å². The SMILES string of the molecule is CCNC(=O)C(C)N(C)C(C)(C)C(=O)O. The van der Waals surface area contributed by atoms with E-state index in [1.165, 1.54) is 0 Å². The van der Waals surface area contributed by atoms with Crippen molar-refractivity contribution < 1.29 is 14.7 Å². The molecule has 0 aliphatic rings. The van der Waals surface area contributed by atoms with Gasteiger partial charge in [0.1, 0.15) is 5.54 Å². The zero-order valence-corrected chi connectivity index (χ0v) is 10.00. The lowest BCUT2D eigenvalue weighted by Gasteiger charge is -2.35. The Morgan fingerprint density at radius 1 is 1.47 bits per heavy atom. The van der Waals surface area contributed by atoms with Gasteiger partial charge < -0.3 is 10.4 Å². The van der Waals surface area contributed by atoms with Crippen molar-refractivity contribution in [1.82, 2.24) is 10.2 Å². The molecule has 0 aliphatic carbocycles. The van der Waals surface area contributed by atoms with Crippen molar-refractivity contribution in [2.24, 2.45) is 0 Å². The van der Waals surface area contributed by atoms with E-state index in [9.17, 15) is 9.59 Å². The van der Waals surface area contributed by atoms with Gasteiger partial charge in [-0.1, -0.05) is 0 Å². The lowest BCUT2D eigenvalue weighted by molar-refractivity contribution is -0.151. The Kier molecular flexibility index (Phi) is 4.74. The summed E-state index contributed by atoms with van der Waals surface area (Å²) in [4.78, 5) is 24.0. The molecule has 0 bridgehead atoms. The molecule has 0 heterocycles. The molecule has 0 spiro atoms. The number of amides is 1. The number of hydrogen-bond donors (Lipinski definition) is 2. The van der Waals surface area contributed by atoms with Gasteiger partial charge in [0.05, 0.1) is 6.04 Å². The van der Waals surface area contributed by atoms with Gasteiger partial charge in [-0.15, -0.1) is 0 Å². The summed E-state index contributed by atoms with van der Waals surface area (Å²) >= 11 is 0. The van der Waals surface area contributed by atoms with Gasteiger partial charge in [0.25, 0.3) is 0 Å². The number of rotatable bonds is 5. The van der Waals surface area contributed by atoms with Crippen LogP contribution in [0.3, 0.4) is 0 Å². The Balaban J connectivity index is 4.63. The lowest BCUT2D eigenvalue weighted by atomic mass is 10.0. The third-order valence-corrected chi connectivity index (χ3v) is 2.72. The topological polar surface area (TPSA) is 69.6 Å². The molecule has 88 valence electrons. The van der Waals surface area contributed by atoms with Crippen LogP contribution in [0, 0.1) is 0 Å². The monoisotopic (exact) mass is 216 g/mol. The third-order valence-electron chi connectivity index (χ3n) is 2.72. The number of likely N-dealkylation sites (N-methyl/N-ethyl adjacent to an activating group) is 2. The van der Waals surface area contributed by atoms with Crippen molar-refractivity contribution in [1.29, 1.82) is 0 Å². The van der Waals surface area contributed by atoms with Crippen LogP contribution in [-0.4, -0.2) is 47.1 Å². The molecule has 5 nitrogen and oxygen atoms in total. The molecule has 1 unspecified atom stereocenters. The van der Waals surface area contributed by atoms with Crippen LogP contribution in [-0.2, 0) is 9.59 Å². The lowest BCUT2D eigenvalue weighted by Crippen LogP contribution is -2.56. The van der Waals surface area contributed by atoms with Crippen molar-refractivity contribution in [3.05, 3.63) is 0 Å². The van der Waals surface area contributed by atoms with Gasteiger partial charge in [0.2, 0.25) is 5.91 Å². The summed E-state index contributed by atoms with van der Waals surface area (Å²) in [6.45, 7) is 7.21. The van der Waals surface area contributed by atoms with Crippen LogP contribution in [0.4, 0.5) is 0 Å². The normalized spacial score (nSPS) is 13.7. The van der Waals surface area contributed by atoms with Gasteiger partial charge in [-0.3, -0.25) is 14.5 Å².